The highest BCUT2D eigenvalue weighted by Crippen LogP contribution is 2.17. The van der Waals surface area contributed by atoms with Crippen molar-refractivity contribution >= 4 is 11.6 Å². The third kappa shape index (κ3) is 6.53. The molecule has 1 aromatic heterocycles. The lowest BCUT2D eigenvalue weighted by Crippen LogP contribution is -2.46. The van der Waals surface area contributed by atoms with E-state index in [2.05, 4.69) is 56.3 Å². The number of aryl methyl sites for hydroxylation is 1. The summed E-state index contributed by atoms with van der Waals surface area (Å²) in [5, 5.41) is 3.17. The van der Waals surface area contributed by atoms with Gasteiger partial charge in [-0.15, -0.1) is 0 Å². The maximum absolute atomic E-state index is 5.95. The van der Waals surface area contributed by atoms with Gasteiger partial charge in [0.25, 0.3) is 0 Å². The number of nitrogens with zero attached hydrogens (tertiary/aromatic N) is 4. The van der Waals surface area contributed by atoms with Gasteiger partial charge in [-0.05, 0) is 43.2 Å². The molecule has 3 rings (SSSR count). The Morgan fingerprint density at radius 3 is 2.75 bits per heavy atom. The summed E-state index contributed by atoms with van der Waals surface area (Å²) in [4.78, 5) is 13.7. The summed E-state index contributed by atoms with van der Waals surface area (Å²) in [5.41, 5.74) is 9.68. The minimum absolute atomic E-state index is 0.528. The van der Waals surface area contributed by atoms with Gasteiger partial charge < -0.3 is 16.0 Å². The summed E-state index contributed by atoms with van der Waals surface area (Å²) < 4.78 is 0. The quantitative estimate of drug-likeness (QED) is 0.417. The Hall–Kier alpha value is -2.60. The summed E-state index contributed by atoms with van der Waals surface area (Å²) in [6.45, 7) is 9.14. The van der Waals surface area contributed by atoms with E-state index in [1.807, 2.05) is 24.4 Å². The molecular formula is C22H32N6. The Labute approximate surface area is 168 Å². The number of aliphatic imine (C=N–C) groups is 1. The lowest BCUT2D eigenvalue weighted by atomic mass is 10.2. The Bertz CT molecular complexity index is 738. The number of pyridine rings is 1. The number of hydrogen-bond donors (Lipinski definition) is 2. The first-order valence-electron chi connectivity index (χ1n) is 10.2. The van der Waals surface area contributed by atoms with Crippen LogP contribution in [0.4, 0.5) is 5.69 Å². The van der Waals surface area contributed by atoms with E-state index >= 15 is 0 Å². The Balaban J connectivity index is 1.28. The molecule has 1 fully saturated rings. The number of rotatable bonds is 8. The molecule has 28 heavy (non-hydrogen) atoms. The van der Waals surface area contributed by atoms with E-state index in [9.17, 15) is 0 Å². The van der Waals surface area contributed by atoms with Crippen LogP contribution in [0.15, 0.2) is 53.7 Å². The van der Waals surface area contributed by atoms with Crippen molar-refractivity contribution in [2.24, 2.45) is 10.7 Å². The van der Waals surface area contributed by atoms with Crippen LogP contribution in [0.5, 0.6) is 0 Å². The van der Waals surface area contributed by atoms with Gasteiger partial charge in [-0.1, -0.05) is 18.2 Å². The molecule has 0 atom stereocenters. The average molecular weight is 381 g/mol. The van der Waals surface area contributed by atoms with Gasteiger partial charge in [0.1, 0.15) is 0 Å². The topological polar surface area (TPSA) is 69.8 Å². The SMILES string of the molecule is Cc1cccc(N2CCN(CCCN=C(N)NCCc3ccccn3)CC2)c1. The van der Waals surface area contributed by atoms with Crippen molar-refractivity contribution in [2.45, 2.75) is 19.8 Å². The third-order valence-electron chi connectivity index (χ3n) is 5.07. The van der Waals surface area contributed by atoms with Gasteiger partial charge in [0, 0.05) is 69.8 Å². The summed E-state index contributed by atoms with van der Waals surface area (Å²) >= 11 is 0. The predicted molar refractivity (Wildman–Crippen MR) is 117 cm³/mol. The summed E-state index contributed by atoms with van der Waals surface area (Å²) in [5.74, 6) is 0.528. The first kappa shape index (κ1) is 20.1. The lowest BCUT2D eigenvalue weighted by Gasteiger charge is -2.36. The van der Waals surface area contributed by atoms with Gasteiger partial charge in [-0.25, -0.2) is 0 Å². The molecule has 0 unspecified atom stereocenters. The number of piperazine rings is 1. The van der Waals surface area contributed by atoms with Crippen LogP contribution < -0.4 is 16.0 Å². The first-order valence-corrected chi connectivity index (χ1v) is 10.2. The normalized spacial score (nSPS) is 15.6. The van der Waals surface area contributed by atoms with E-state index in [0.717, 1.165) is 64.3 Å². The number of nitrogens with two attached hydrogens (primary N) is 1. The molecule has 6 nitrogen and oxygen atoms in total. The molecule has 0 aliphatic carbocycles. The van der Waals surface area contributed by atoms with Gasteiger partial charge in [0.15, 0.2) is 5.96 Å². The van der Waals surface area contributed by atoms with Crippen molar-refractivity contribution < 1.29 is 0 Å². The zero-order valence-corrected chi connectivity index (χ0v) is 16.8. The zero-order valence-electron chi connectivity index (χ0n) is 16.8. The van der Waals surface area contributed by atoms with Crippen LogP contribution >= 0.6 is 0 Å². The van der Waals surface area contributed by atoms with Crippen molar-refractivity contribution in [1.29, 1.82) is 0 Å². The van der Waals surface area contributed by atoms with Crippen LogP contribution in [0.25, 0.3) is 0 Å². The molecule has 6 heteroatoms. The molecule has 0 saturated carbocycles. The average Bonchev–Trinajstić information content (AvgIpc) is 2.72. The zero-order chi connectivity index (χ0) is 19.6. The molecule has 150 valence electrons. The molecular weight excluding hydrogens is 348 g/mol. The standard InChI is InChI=1S/C22H32N6/c1-19-6-4-8-21(18-19)28-16-14-27(15-17-28)13-5-11-25-22(23)26-12-9-20-7-2-3-10-24-20/h2-4,6-8,10,18H,5,9,11-17H2,1H3,(H3,23,25,26). The highest BCUT2D eigenvalue weighted by atomic mass is 15.3. The highest BCUT2D eigenvalue weighted by Gasteiger charge is 2.16. The first-order chi connectivity index (χ1) is 13.7. The van der Waals surface area contributed by atoms with E-state index in [-0.39, 0.29) is 0 Å². The molecule has 0 bridgehead atoms. The number of guanidine groups is 1. The number of nitrogens with one attached hydrogen (secondary N) is 1. The minimum atomic E-state index is 0.528. The van der Waals surface area contributed by atoms with E-state index in [4.69, 9.17) is 5.73 Å². The maximum atomic E-state index is 5.95. The summed E-state index contributed by atoms with van der Waals surface area (Å²) in [6, 6.07) is 14.7. The molecule has 1 aromatic carbocycles. The van der Waals surface area contributed by atoms with E-state index in [1.165, 1.54) is 11.3 Å². The number of anilines is 1. The van der Waals surface area contributed by atoms with E-state index in [1.54, 1.807) is 0 Å². The second kappa shape index (κ2) is 10.7. The van der Waals surface area contributed by atoms with E-state index < -0.39 is 0 Å². The van der Waals surface area contributed by atoms with Crippen molar-refractivity contribution in [3.63, 3.8) is 0 Å². The van der Waals surface area contributed by atoms with Crippen molar-refractivity contribution in [3.05, 3.63) is 59.9 Å². The molecule has 1 saturated heterocycles. The Morgan fingerprint density at radius 1 is 1.14 bits per heavy atom. The van der Waals surface area contributed by atoms with Crippen LogP contribution in [-0.4, -0.2) is 61.7 Å². The molecule has 0 radical (unpaired) electrons. The molecule has 0 spiro atoms. The Morgan fingerprint density at radius 2 is 2.00 bits per heavy atom. The maximum Gasteiger partial charge on any atom is 0.188 e. The van der Waals surface area contributed by atoms with Crippen molar-refractivity contribution in [3.8, 4) is 0 Å². The van der Waals surface area contributed by atoms with Gasteiger partial charge in [0.2, 0.25) is 0 Å². The monoisotopic (exact) mass is 380 g/mol. The van der Waals surface area contributed by atoms with Crippen LogP contribution in [0, 0.1) is 6.92 Å². The highest BCUT2D eigenvalue weighted by molar-refractivity contribution is 5.77. The van der Waals surface area contributed by atoms with Gasteiger partial charge >= 0.3 is 0 Å². The molecule has 2 heterocycles. The number of benzene rings is 1. The fourth-order valence-electron chi connectivity index (χ4n) is 3.47. The molecule has 2 aromatic rings. The second-order valence-electron chi connectivity index (χ2n) is 7.29. The predicted octanol–water partition coefficient (Wildman–Crippen LogP) is 2.05. The smallest absolute Gasteiger partial charge is 0.188 e. The fraction of sp³-hybridized carbons (Fsp3) is 0.455. The number of hydrogen-bond acceptors (Lipinski definition) is 4. The second-order valence-corrected chi connectivity index (χ2v) is 7.29. The van der Waals surface area contributed by atoms with Crippen LogP contribution in [0.1, 0.15) is 17.7 Å². The van der Waals surface area contributed by atoms with Crippen LogP contribution in [0.3, 0.4) is 0 Å². The van der Waals surface area contributed by atoms with Gasteiger partial charge in [-0.3, -0.25) is 14.9 Å². The molecule has 0 amide bonds. The summed E-state index contributed by atoms with van der Waals surface area (Å²) in [7, 11) is 0. The molecule has 3 N–H and O–H groups in total. The minimum Gasteiger partial charge on any atom is -0.370 e. The third-order valence-corrected chi connectivity index (χ3v) is 5.07. The van der Waals surface area contributed by atoms with Crippen LogP contribution in [-0.2, 0) is 6.42 Å². The number of aromatic nitrogens is 1. The van der Waals surface area contributed by atoms with Gasteiger partial charge in [0.05, 0.1) is 0 Å². The molecule has 1 aliphatic rings. The van der Waals surface area contributed by atoms with Crippen molar-refractivity contribution in [1.82, 2.24) is 15.2 Å². The largest absolute Gasteiger partial charge is 0.370 e. The molecule has 1 aliphatic heterocycles. The van der Waals surface area contributed by atoms with Gasteiger partial charge in [-0.2, -0.15) is 0 Å². The summed E-state index contributed by atoms with van der Waals surface area (Å²) in [6.07, 6.45) is 3.70. The fourth-order valence-corrected chi connectivity index (χ4v) is 3.47. The Kier molecular flexibility index (Phi) is 7.67. The van der Waals surface area contributed by atoms with E-state index in [0.29, 0.717) is 5.96 Å². The lowest BCUT2D eigenvalue weighted by molar-refractivity contribution is 0.256. The van der Waals surface area contributed by atoms with Crippen LogP contribution in [0.2, 0.25) is 0 Å². The van der Waals surface area contributed by atoms with Crippen molar-refractivity contribution in [2.75, 3.05) is 50.7 Å².